The number of allylic oxidation sites excluding steroid dienone is 4. The Hall–Kier alpha value is -5.26. The van der Waals surface area contributed by atoms with E-state index in [2.05, 4.69) is 9.47 Å². The molecule has 18 nitrogen and oxygen atoms in total. The molecule has 0 spiro atoms. The Balaban J connectivity index is 1.11. The maximum absolute atomic E-state index is 12.3. The van der Waals surface area contributed by atoms with Gasteiger partial charge in [0, 0.05) is 68.5 Å². The van der Waals surface area contributed by atoms with Gasteiger partial charge in [-0.2, -0.15) is 21.4 Å². The Labute approximate surface area is 397 Å². The maximum atomic E-state index is 12.3. The van der Waals surface area contributed by atoms with E-state index >= 15 is 0 Å². The molecule has 360 valence electrons. The van der Waals surface area contributed by atoms with Gasteiger partial charge < -0.3 is 14.6 Å². The highest BCUT2D eigenvalue weighted by molar-refractivity contribution is 8.03. The second kappa shape index (κ2) is 23.6. The molecule has 3 aromatic rings. The van der Waals surface area contributed by atoms with E-state index in [0.717, 1.165) is 42.0 Å². The van der Waals surface area contributed by atoms with Crippen molar-refractivity contribution in [1.29, 1.82) is 0 Å². The van der Waals surface area contributed by atoms with Gasteiger partial charge in [-0.1, -0.05) is 59.9 Å². The summed E-state index contributed by atoms with van der Waals surface area (Å²) < 4.78 is 66.7. The van der Waals surface area contributed by atoms with E-state index < -0.39 is 55.8 Å². The van der Waals surface area contributed by atoms with Gasteiger partial charge in [-0.15, -0.1) is 10.1 Å². The quantitative estimate of drug-likeness (QED) is 0.0316. The highest BCUT2D eigenvalue weighted by Gasteiger charge is 2.34. The molecule has 2 fully saturated rings. The molecule has 6 rings (SSSR count). The first-order valence-electron chi connectivity index (χ1n) is 22.1. The number of nitrogens with zero attached hydrogens (tertiary/aromatic N) is 4. The fourth-order valence-electron chi connectivity index (χ4n) is 7.62. The maximum Gasteiger partial charge on any atom is 0.333 e. The number of hydrogen-bond donors (Lipinski definition) is 2. The normalized spacial score (nSPS) is 16.3. The zero-order valence-electron chi connectivity index (χ0n) is 36.7. The summed E-state index contributed by atoms with van der Waals surface area (Å²) >= 11 is 3.13. The number of amides is 4. The first-order chi connectivity index (χ1) is 31.9. The smallest absolute Gasteiger partial charge is 0.333 e. The Bertz CT molecular complexity index is 2660. The average molecular weight is 1000 g/mol. The van der Waals surface area contributed by atoms with Crippen molar-refractivity contribution in [2.45, 2.75) is 114 Å². The number of thiazole rings is 1. The number of imide groups is 2. The largest absolute Gasteiger partial charge is 0.335 e. The van der Waals surface area contributed by atoms with Crippen LogP contribution in [0.4, 0.5) is 5.69 Å². The minimum Gasteiger partial charge on any atom is -0.335 e. The van der Waals surface area contributed by atoms with Crippen LogP contribution in [0.25, 0.3) is 16.3 Å². The van der Waals surface area contributed by atoms with Gasteiger partial charge >= 0.3 is 11.9 Å². The van der Waals surface area contributed by atoms with Crippen molar-refractivity contribution in [1.82, 2.24) is 10.1 Å². The van der Waals surface area contributed by atoms with Crippen LogP contribution in [0.5, 0.6) is 0 Å². The number of hydroxylamine groups is 4. The monoisotopic (exact) mass is 1000 g/mol. The summed E-state index contributed by atoms with van der Waals surface area (Å²) in [6.45, 7) is 1.24. The lowest BCUT2D eigenvalue weighted by atomic mass is 10.1. The Morgan fingerprint density at radius 1 is 0.672 bits per heavy atom. The van der Waals surface area contributed by atoms with Gasteiger partial charge in [0.1, 0.15) is 4.70 Å². The minimum atomic E-state index is -4.07. The zero-order chi connectivity index (χ0) is 48.1. The molecule has 1 aromatic heterocycles. The Morgan fingerprint density at radius 2 is 1.22 bits per heavy atom. The number of benzene rings is 2. The predicted octanol–water partition coefficient (Wildman–Crippen LogP) is 6.19. The third kappa shape index (κ3) is 15.4. The van der Waals surface area contributed by atoms with Crippen LogP contribution < -0.4 is 9.47 Å². The lowest BCUT2D eigenvalue weighted by molar-refractivity contribution is -0.669. The Morgan fingerprint density at radius 3 is 1.81 bits per heavy atom. The van der Waals surface area contributed by atoms with Crippen molar-refractivity contribution < 1.29 is 69.0 Å². The molecular formula is C45H53N4O14S4+. The first-order valence-corrected chi connectivity index (χ1v) is 26.9. The van der Waals surface area contributed by atoms with Crippen molar-refractivity contribution in [2.75, 3.05) is 23.0 Å². The molecule has 67 heavy (non-hydrogen) atoms. The van der Waals surface area contributed by atoms with Crippen LogP contribution in [0.3, 0.4) is 0 Å². The lowest BCUT2D eigenvalue weighted by Crippen LogP contribution is -2.35. The molecule has 2 aromatic carbocycles. The van der Waals surface area contributed by atoms with Crippen molar-refractivity contribution in [3.63, 3.8) is 0 Å². The van der Waals surface area contributed by atoms with Gasteiger partial charge in [0.25, 0.3) is 48.9 Å². The van der Waals surface area contributed by atoms with Gasteiger partial charge in [0.15, 0.2) is 6.54 Å². The molecule has 3 aliphatic heterocycles. The molecule has 2 saturated heterocycles. The molecule has 4 amide bonds. The second-order valence-corrected chi connectivity index (χ2v) is 21.5. The number of aryl methyl sites for hydroxylation is 3. The first kappa shape index (κ1) is 51.1. The molecule has 2 N–H and O–H groups in total. The third-order valence-corrected chi connectivity index (χ3v) is 14.8. The number of carbonyl (C=O) groups is 6. The van der Waals surface area contributed by atoms with E-state index in [9.17, 15) is 54.7 Å². The number of anilines is 1. The fourth-order valence-corrected chi connectivity index (χ4v) is 11.0. The fraction of sp³-hybridized carbons (Fsp3) is 0.444. The van der Waals surface area contributed by atoms with Crippen molar-refractivity contribution in [3.8, 4) is 0 Å². The number of carbonyl (C=O) groups excluding carboxylic acids is 6. The van der Waals surface area contributed by atoms with Crippen LogP contribution >= 0.6 is 23.1 Å². The molecule has 0 saturated carbocycles. The second-order valence-electron chi connectivity index (χ2n) is 16.2. The molecular weight excluding hydrogens is 949 g/mol. The van der Waals surface area contributed by atoms with E-state index in [-0.39, 0.29) is 62.9 Å². The van der Waals surface area contributed by atoms with E-state index in [0.29, 0.717) is 74.6 Å². The van der Waals surface area contributed by atoms with Crippen LogP contribution in [0.1, 0.15) is 106 Å². The van der Waals surface area contributed by atoms with E-state index in [1.807, 2.05) is 66.8 Å². The minimum absolute atomic E-state index is 0.0249. The molecule has 22 heteroatoms. The number of aromatic nitrogens is 1. The van der Waals surface area contributed by atoms with Crippen LogP contribution in [-0.2, 0) is 78.1 Å². The molecule has 0 aliphatic carbocycles. The number of rotatable bonds is 25. The van der Waals surface area contributed by atoms with Crippen molar-refractivity contribution >= 4 is 101 Å². The summed E-state index contributed by atoms with van der Waals surface area (Å²) in [5, 5.41) is 2.99. The van der Waals surface area contributed by atoms with Crippen molar-refractivity contribution in [2.24, 2.45) is 0 Å². The van der Waals surface area contributed by atoms with E-state index in [1.165, 1.54) is 0 Å². The topological polar surface area (TPSA) is 243 Å². The van der Waals surface area contributed by atoms with Crippen LogP contribution in [0.15, 0.2) is 70.6 Å². The average Bonchev–Trinajstić information content (AvgIpc) is 3.98. The van der Waals surface area contributed by atoms with Gasteiger partial charge in [-0.05, 0) is 86.8 Å². The van der Waals surface area contributed by atoms with E-state index in [1.54, 1.807) is 23.1 Å². The van der Waals surface area contributed by atoms with Gasteiger partial charge in [0.05, 0.1) is 22.2 Å². The van der Waals surface area contributed by atoms with Gasteiger partial charge in [-0.25, -0.2) is 9.59 Å². The zero-order valence-corrected chi connectivity index (χ0v) is 40.0. The summed E-state index contributed by atoms with van der Waals surface area (Å²) in [5.41, 5.74) is 3.81. The summed E-state index contributed by atoms with van der Waals surface area (Å²) in [4.78, 5) is 85.1. The van der Waals surface area contributed by atoms with E-state index in [4.69, 9.17) is 9.68 Å². The summed E-state index contributed by atoms with van der Waals surface area (Å²) in [5.74, 6) is -4.05. The number of thioether (sulfide) groups is 1. The Kier molecular flexibility index (Phi) is 18.1. The molecule has 4 heterocycles. The number of fused-ring (bicyclic) bond motifs is 2. The van der Waals surface area contributed by atoms with Crippen LogP contribution in [0.2, 0.25) is 0 Å². The van der Waals surface area contributed by atoms with Crippen LogP contribution in [0, 0.1) is 0 Å². The van der Waals surface area contributed by atoms with Crippen LogP contribution in [-0.4, -0.2) is 89.7 Å². The molecule has 0 atom stereocenters. The predicted molar refractivity (Wildman–Crippen MR) is 249 cm³/mol. The number of hydrogen-bond acceptors (Lipinski definition) is 15. The number of unbranched alkanes of at least 4 members (excludes halogenated alkanes) is 4. The molecule has 0 bridgehead atoms. The molecule has 0 radical (unpaired) electrons. The highest BCUT2D eigenvalue weighted by Crippen LogP contribution is 2.46. The summed E-state index contributed by atoms with van der Waals surface area (Å²) in [6.07, 6.45) is 15.2. The standard InChI is InChI=1S/C45H52N4O14S4/c50-38-22-23-39(51)48(38)62-44(54)16-6-2-8-26-46-34-20-18-32(12-10-28-66(56,57)58)30-36(34)64-42(46)14-4-1-5-15-43-47(27-9-3-7-17-45(55)63-49-40(52)24-25-41(49)53)35-21-19-33(31-37(35)65-43)13-11-29-67(59,60)61/h1,4-5,14-15,18-21,30-31H,2-3,6-13,16-17,22-29H2,(H-,56,57,58,59,60,61)/p+1. The summed E-state index contributed by atoms with van der Waals surface area (Å²) in [7, 11) is -8.15. The highest BCUT2D eigenvalue weighted by atomic mass is 32.2. The van der Waals surface area contributed by atoms with Gasteiger partial charge in [-0.3, -0.25) is 28.3 Å². The SMILES string of the molecule is O=C(CCCCCN1/C(=C/C=C/C=C/c2sc3cc(CCCS(=O)(=O)O)ccc3[n+]2CCCCCC(=O)ON2C(=O)CCC2=O)Sc2cc(CCCS(=O)(=O)O)ccc21)ON1C(=O)CCC1=O. The van der Waals surface area contributed by atoms with Crippen molar-refractivity contribution in [3.05, 3.63) is 81.9 Å². The molecule has 3 aliphatic rings. The summed E-state index contributed by atoms with van der Waals surface area (Å²) in [6, 6.07) is 11.9. The van der Waals surface area contributed by atoms with Gasteiger partial charge in [0.2, 0.25) is 5.52 Å². The molecule has 0 unspecified atom stereocenters. The lowest BCUT2D eigenvalue weighted by Gasteiger charge is -2.20. The third-order valence-electron chi connectivity index (χ3n) is 10.9.